The molecular formula is C22H24N4O2S. The highest BCUT2D eigenvalue weighted by Crippen LogP contribution is 2.26. The molecule has 0 bridgehead atoms. The first-order valence-corrected chi connectivity index (χ1v) is 10.3. The lowest BCUT2D eigenvalue weighted by Crippen LogP contribution is -2.25. The van der Waals surface area contributed by atoms with E-state index in [4.69, 9.17) is 4.74 Å². The number of ether oxygens (including phenoxy) is 1. The van der Waals surface area contributed by atoms with Crippen molar-refractivity contribution < 1.29 is 9.53 Å². The van der Waals surface area contributed by atoms with Crippen LogP contribution in [0.4, 0.5) is 0 Å². The highest BCUT2D eigenvalue weighted by atomic mass is 32.2. The molecule has 0 fully saturated rings. The predicted molar refractivity (Wildman–Crippen MR) is 116 cm³/mol. The first kappa shape index (κ1) is 20.7. The minimum atomic E-state index is -0.0779. The van der Waals surface area contributed by atoms with Crippen LogP contribution in [0.15, 0.2) is 66.3 Å². The monoisotopic (exact) mass is 408 g/mol. The third kappa shape index (κ3) is 5.26. The zero-order valence-corrected chi connectivity index (χ0v) is 17.4. The van der Waals surface area contributed by atoms with Crippen LogP contribution in [0.1, 0.15) is 17.0 Å². The van der Waals surface area contributed by atoms with Gasteiger partial charge in [0.25, 0.3) is 0 Å². The third-order valence-corrected chi connectivity index (χ3v) is 5.17. The van der Waals surface area contributed by atoms with Crippen molar-refractivity contribution in [3.63, 3.8) is 0 Å². The standard InChI is InChI=1S/C22H24N4O2S/c1-4-13-23-20(27)15-29-22-25-24-19(26(22)18-11-6-5-7-12-18)14-28-21-16(2)9-8-10-17(21)3/h4-12H,1,13-15H2,2-3H3,(H,23,27). The Kier molecular flexibility index (Phi) is 7.08. The van der Waals surface area contributed by atoms with Gasteiger partial charge in [0.15, 0.2) is 11.0 Å². The second-order valence-electron chi connectivity index (χ2n) is 6.46. The van der Waals surface area contributed by atoms with Gasteiger partial charge in [-0.25, -0.2) is 0 Å². The van der Waals surface area contributed by atoms with Crippen LogP contribution in [-0.2, 0) is 11.4 Å². The van der Waals surface area contributed by atoms with Gasteiger partial charge in [0.1, 0.15) is 12.4 Å². The zero-order chi connectivity index (χ0) is 20.6. The lowest BCUT2D eigenvalue weighted by Gasteiger charge is -2.13. The number of amides is 1. The molecule has 1 amide bonds. The molecule has 0 aliphatic rings. The molecule has 29 heavy (non-hydrogen) atoms. The van der Waals surface area contributed by atoms with Crippen molar-refractivity contribution in [3.05, 3.63) is 78.1 Å². The van der Waals surface area contributed by atoms with Crippen molar-refractivity contribution in [3.8, 4) is 11.4 Å². The van der Waals surface area contributed by atoms with Crippen molar-refractivity contribution in [1.29, 1.82) is 0 Å². The molecule has 150 valence electrons. The Morgan fingerprint density at radius 3 is 2.55 bits per heavy atom. The second-order valence-corrected chi connectivity index (χ2v) is 7.40. The van der Waals surface area contributed by atoms with Crippen LogP contribution in [0, 0.1) is 13.8 Å². The highest BCUT2D eigenvalue weighted by Gasteiger charge is 2.17. The van der Waals surface area contributed by atoms with Crippen LogP contribution >= 0.6 is 11.8 Å². The molecule has 1 N–H and O–H groups in total. The smallest absolute Gasteiger partial charge is 0.230 e. The summed E-state index contributed by atoms with van der Waals surface area (Å²) in [7, 11) is 0. The highest BCUT2D eigenvalue weighted by molar-refractivity contribution is 7.99. The molecule has 0 aliphatic carbocycles. The number of para-hydroxylation sites is 2. The number of nitrogens with zero attached hydrogens (tertiary/aromatic N) is 3. The minimum Gasteiger partial charge on any atom is -0.485 e. The number of nitrogens with one attached hydrogen (secondary N) is 1. The van der Waals surface area contributed by atoms with Crippen molar-refractivity contribution in [2.75, 3.05) is 12.3 Å². The summed E-state index contributed by atoms with van der Waals surface area (Å²) in [5, 5.41) is 12.0. The van der Waals surface area contributed by atoms with Gasteiger partial charge in [-0.2, -0.15) is 0 Å². The van der Waals surface area contributed by atoms with Crippen molar-refractivity contribution in [2.24, 2.45) is 0 Å². The molecule has 3 rings (SSSR count). The Labute approximate surface area is 175 Å². The molecule has 0 radical (unpaired) electrons. The molecule has 1 heterocycles. The maximum atomic E-state index is 12.0. The summed E-state index contributed by atoms with van der Waals surface area (Å²) in [6.45, 7) is 8.37. The van der Waals surface area contributed by atoms with Gasteiger partial charge in [-0.3, -0.25) is 9.36 Å². The largest absolute Gasteiger partial charge is 0.485 e. The summed E-state index contributed by atoms with van der Waals surface area (Å²) in [4.78, 5) is 12.0. The van der Waals surface area contributed by atoms with Crippen molar-refractivity contribution in [1.82, 2.24) is 20.1 Å². The van der Waals surface area contributed by atoms with Gasteiger partial charge in [-0.05, 0) is 37.1 Å². The number of thioether (sulfide) groups is 1. The number of rotatable bonds is 9. The SMILES string of the molecule is C=CCNC(=O)CSc1nnc(COc2c(C)cccc2C)n1-c1ccccc1. The Morgan fingerprint density at radius 2 is 1.86 bits per heavy atom. The van der Waals surface area contributed by atoms with Crippen molar-refractivity contribution >= 4 is 17.7 Å². The summed E-state index contributed by atoms with van der Waals surface area (Å²) in [5.41, 5.74) is 3.07. The van der Waals surface area contributed by atoms with Crippen LogP contribution in [0.3, 0.4) is 0 Å². The number of carbonyl (C=O) groups is 1. The molecule has 6 nitrogen and oxygen atoms in total. The number of hydrogen-bond acceptors (Lipinski definition) is 5. The number of benzene rings is 2. The predicted octanol–water partition coefficient (Wildman–Crippen LogP) is 3.86. The van der Waals surface area contributed by atoms with Crippen LogP contribution < -0.4 is 10.1 Å². The van der Waals surface area contributed by atoms with Crippen LogP contribution in [-0.4, -0.2) is 33.0 Å². The van der Waals surface area contributed by atoms with E-state index >= 15 is 0 Å². The maximum Gasteiger partial charge on any atom is 0.230 e. The zero-order valence-electron chi connectivity index (χ0n) is 16.6. The van der Waals surface area contributed by atoms with Gasteiger partial charge >= 0.3 is 0 Å². The number of hydrogen-bond donors (Lipinski definition) is 1. The second kappa shape index (κ2) is 9.93. The average molecular weight is 409 g/mol. The molecular weight excluding hydrogens is 384 g/mol. The third-order valence-electron chi connectivity index (χ3n) is 4.25. The first-order valence-electron chi connectivity index (χ1n) is 9.29. The molecule has 0 aliphatic heterocycles. The summed E-state index contributed by atoms with van der Waals surface area (Å²) in [6.07, 6.45) is 1.65. The molecule has 2 aromatic carbocycles. The fourth-order valence-electron chi connectivity index (χ4n) is 2.85. The van der Waals surface area contributed by atoms with E-state index in [0.717, 1.165) is 22.6 Å². The Morgan fingerprint density at radius 1 is 1.14 bits per heavy atom. The van der Waals surface area contributed by atoms with Gasteiger partial charge < -0.3 is 10.1 Å². The number of aryl methyl sites for hydroxylation is 2. The van der Waals surface area contributed by atoms with E-state index in [1.54, 1.807) is 6.08 Å². The fraction of sp³-hybridized carbons (Fsp3) is 0.227. The molecule has 1 aromatic heterocycles. The first-order chi connectivity index (χ1) is 14.1. The molecule has 0 unspecified atom stereocenters. The van der Waals surface area contributed by atoms with Crippen LogP contribution in [0.2, 0.25) is 0 Å². The molecule has 0 atom stereocenters. The Hall–Kier alpha value is -3.06. The minimum absolute atomic E-state index is 0.0779. The van der Waals surface area contributed by atoms with E-state index in [1.807, 2.05) is 66.9 Å². The van der Waals surface area contributed by atoms with E-state index in [1.165, 1.54) is 11.8 Å². The lowest BCUT2D eigenvalue weighted by molar-refractivity contribution is -0.118. The van der Waals surface area contributed by atoms with Crippen LogP contribution in [0.5, 0.6) is 5.75 Å². The summed E-state index contributed by atoms with van der Waals surface area (Å²) < 4.78 is 8.01. The average Bonchev–Trinajstić information content (AvgIpc) is 3.13. The molecule has 0 saturated heterocycles. The van der Waals surface area contributed by atoms with Gasteiger partial charge in [0.2, 0.25) is 5.91 Å². The summed E-state index contributed by atoms with van der Waals surface area (Å²) >= 11 is 1.34. The van der Waals surface area contributed by atoms with E-state index < -0.39 is 0 Å². The summed E-state index contributed by atoms with van der Waals surface area (Å²) in [6, 6.07) is 15.9. The Balaban J connectivity index is 1.82. The maximum absolute atomic E-state index is 12.0. The fourth-order valence-corrected chi connectivity index (χ4v) is 3.66. The van der Waals surface area contributed by atoms with E-state index in [-0.39, 0.29) is 18.3 Å². The van der Waals surface area contributed by atoms with Gasteiger partial charge in [-0.1, -0.05) is 54.2 Å². The number of aromatic nitrogens is 3. The number of carbonyl (C=O) groups excluding carboxylic acids is 1. The van der Waals surface area contributed by atoms with Gasteiger partial charge in [-0.15, -0.1) is 16.8 Å². The van der Waals surface area contributed by atoms with Gasteiger partial charge in [0, 0.05) is 12.2 Å². The van der Waals surface area contributed by atoms with Crippen LogP contribution in [0.25, 0.3) is 5.69 Å². The molecule has 3 aromatic rings. The molecule has 0 spiro atoms. The topological polar surface area (TPSA) is 69.0 Å². The van der Waals surface area contributed by atoms with E-state index in [0.29, 0.717) is 17.5 Å². The molecule has 7 heteroatoms. The quantitative estimate of drug-likeness (QED) is 0.430. The van der Waals surface area contributed by atoms with Gasteiger partial charge in [0.05, 0.1) is 5.75 Å². The lowest BCUT2D eigenvalue weighted by atomic mass is 10.1. The molecule has 0 saturated carbocycles. The normalized spacial score (nSPS) is 10.6. The summed E-state index contributed by atoms with van der Waals surface area (Å²) in [5.74, 6) is 1.70. The van der Waals surface area contributed by atoms with E-state index in [9.17, 15) is 4.79 Å². The van der Waals surface area contributed by atoms with E-state index in [2.05, 4.69) is 22.1 Å². The Bertz CT molecular complexity index is 965. The van der Waals surface area contributed by atoms with Crippen molar-refractivity contribution in [2.45, 2.75) is 25.6 Å².